The first-order valence-electron chi connectivity index (χ1n) is 7.33. The minimum absolute atomic E-state index is 0.167. The van der Waals surface area contributed by atoms with Gasteiger partial charge in [0.2, 0.25) is 5.95 Å². The van der Waals surface area contributed by atoms with Gasteiger partial charge in [0.1, 0.15) is 19.0 Å². The second-order valence-corrected chi connectivity index (χ2v) is 5.39. The van der Waals surface area contributed by atoms with Gasteiger partial charge in [-0.25, -0.2) is 9.48 Å². The van der Waals surface area contributed by atoms with E-state index >= 15 is 0 Å². The normalized spacial score (nSPS) is 16.5. The summed E-state index contributed by atoms with van der Waals surface area (Å²) in [6.45, 7) is 7.60. The van der Waals surface area contributed by atoms with E-state index in [9.17, 15) is 4.79 Å². The number of allylic oxidation sites excluding steroid dienone is 1. The van der Waals surface area contributed by atoms with E-state index in [-0.39, 0.29) is 18.6 Å². The maximum atomic E-state index is 12.5. The first-order chi connectivity index (χ1) is 11.1. The topological polar surface area (TPSA) is 69.0 Å². The number of fused-ring (bicyclic) bond motifs is 1. The summed E-state index contributed by atoms with van der Waals surface area (Å²) in [6, 6.07) is 7.63. The number of rotatable bonds is 4. The molecule has 0 aliphatic carbocycles. The highest BCUT2D eigenvalue weighted by Crippen LogP contribution is 2.35. The third-order valence-corrected chi connectivity index (χ3v) is 3.74. The molecular weight excluding hydrogens is 292 g/mol. The van der Waals surface area contributed by atoms with Crippen LogP contribution in [0.15, 0.2) is 54.5 Å². The monoisotopic (exact) mass is 310 g/mol. The second-order valence-electron chi connectivity index (χ2n) is 5.39. The van der Waals surface area contributed by atoms with E-state index in [2.05, 4.69) is 22.0 Å². The zero-order chi connectivity index (χ0) is 16.4. The van der Waals surface area contributed by atoms with Gasteiger partial charge < -0.3 is 10.1 Å². The molecule has 1 aliphatic rings. The molecule has 0 fully saturated rings. The number of carbonyl (C=O) groups is 1. The summed E-state index contributed by atoms with van der Waals surface area (Å²) in [5, 5.41) is 7.37. The summed E-state index contributed by atoms with van der Waals surface area (Å²) in [4.78, 5) is 16.7. The van der Waals surface area contributed by atoms with E-state index in [0.717, 1.165) is 11.1 Å². The van der Waals surface area contributed by atoms with Crippen LogP contribution in [0.4, 0.5) is 5.95 Å². The Morgan fingerprint density at radius 3 is 2.83 bits per heavy atom. The van der Waals surface area contributed by atoms with Gasteiger partial charge in [-0.1, -0.05) is 42.5 Å². The second kappa shape index (κ2) is 6.08. The molecule has 6 heteroatoms. The van der Waals surface area contributed by atoms with Crippen molar-refractivity contribution in [3.8, 4) is 0 Å². The number of carbonyl (C=O) groups excluding carboxylic acids is 1. The number of hydrogen-bond acceptors (Lipinski definition) is 5. The highest BCUT2D eigenvalue weighted by atomic mass is 16.5. The predicted octanol–water partition coefficient (Wildman–Crippen LogP) is 2.60. The molecular formula is C17H18N4O2. The van der Waals surface area contributed by atoms with Crippen LogP contribution in [0.1, 0.15) is 24.1 Å². The number of esters is 1. The summed E-state index contributed by atoms with van der Waals surface area (Å²) in [5.41, 5.74) is 3.34. The lowest BCUT2D eigenvalue weighted by molar-refractivity contribution is -0.138. The molecule has 0 bridgehead atoms. The van der Waals surface area contributed by atoms with Crippen molar-refractivity contribution in [2.75, 3.05) is 11.9 Å². The summed E-state index contributed by atoms with van der Waals surface area (Å²) in [5.74, 6) is 0.218. The number of nitrogens with zero attached hydrogens (tertiary/aromatic N) is 3. The molecule has 2 aromatic rings. The van der Waals surface area contributed by atoms with Gasteiger partial charge in [0.25, 0.3) is 0 Å². The number of aryl methyl sites for hydroxylation is 1. The molecule has 1 aromatic heterocycles. The van der Waals surface area contributed by atoms with Gasteiger partial charge in [-0.3, -0.25) is 0 Å². The van der Waals surface area contributed by atoms with Crippen molar-refractivity contribution >= 4 is 11.9 Å². The zero-order valence-corrected chi connectivity index (χ0v) is 13.1. The molecule has 0 unspecified atom stereocenters. The number of ether oxygens (including phenoxy) is 1. The smallest absolute Gasteiger partial charge is 0.338 e. The molecule has 3 rings (SSSR count). The average molecular weight is 310 g/mol. The van der Waals surface area contributed by atoms with E-state index in [1.54, 1.807) is 10.8 Å². The molecule has 0 saturated heterocycles. The Kier molecular flexibility index (Phi) is 3.97. The molecule has 2 heterocycles. The molecule has 0 radical (unpaired) electrons. The average Bonchev–Trinajstić information content (AvgIpc) is 3.00. The van der Waals surface area contributed by atoms with E-state index in [1.165, 1.54) is 6.33 Å². The lowest BCUT2D eigenvalue weighted by Gasteiger charge is -2.28. The highest BCUT2D eigenvalue weighted by molar-refractivity contribution is 5.92. The van der Waals surface area contributed by atoms with Crippen molar-refractivity contribution in [2.24, 2.45) is 0 Å². The molecule has 118 valence electrons. The number of nitrogens with one attached hydrogen (secondary N) is 1. The molecule has 6 nitrogen and oxygen atoms in total. The van der Waals surface area contributed by atoms with E-state index in [1.807, 2.05) is 38.1 Å². The van der Waals surface area contributed by atoms with Crippen molar-refractivity contribution in [1.29, 1.82) is 0 Å². The number of hydrogen-bond donors (Lipinski definition) is 1. The van der Waals surface area contributed by atoms with Crippen LogP contribution in [0.25, 0.3) is 0 Å². The molecule has 0 spiro atoms. The Bertz CT molecular complexity index is 774. The SMILES string of the molecule is C=CCOC(=O)C1=C(C)Nc2ncnn2[C@@H]1c1ccc(C)cc1. The van der Waals surface area contributed by atoms with Crippen LogP contribution in [0.5, 0.6) is 0 Å². The Morgan fingerprint density at radius 2 is 2.13 bits per heavy atom. The van der Waals surface area contributed by atoms with Crippen molar-refractivity contribution in [3.63, 3.8) is 0 Å². The van der Waals surface area contributed by atoms with E-state index in [4.69, 9.17) is 4.74 Å². The quantitative estimate of drug-likeness (QED) is 0.694. The van der Waals surface area contributed by atoms with Crippen molar-refractivity contribution in [2.45, 2.75) is 19.9 Å². The number of benzene rings is 1. The highest BCUT2D eigenvalue weighted by Gasteiger charge is 2.34. The third kappa shape index (κ3) is 2.75. The maximum Gasteiger partial charge on any atom is 0.338 e. The first-order valence-corrected chi connectivity index (χ1v) is 7.33. The van der Waals surface area contributed by atoms with Crippen molar-refractivity contribution in [1.82, 2.24) is 14.8 Å². The van der Waals surface area contributed by atoms with Crippen LogP contribution in [0.2, 0.25) is 0 Å². The maximum absolute atomic E-state index is 12.5. The fourth-order valence-corrected chi connectivity index (χ4v) is 2.62. The summed E-state index contributed by atoms with van der Waals surface area (Å²) in [6.07, 6.45) is 3.01. The summed E-state index contributed by atoms with van der Waals surface area (Å²) >= 11 is 0. The van der Waals surface area contributed by atoms with Gasteiger partial charge in [-0.2, -0.15) is 10.1 Å². The number of anilines is 1. The van der Waals surface area contributed by atoms with Crippen LogP contribution in [-0.4, -0.2) is 27.3 Å². The predicted molar refractivity (Wildman–Crippen MR) is 86.8 cm³/mol. The molecule has 0 saturated carbocycles. The van der Waals surface area contributed by atoms with Gasteiger partial charge >= 0.3 is 5.97 Å². The van der Waals surface area contributed by atoms with Crippen LogP contribution in [0, 0.1) is 6.92 Å². The fraction of sp³-hybridized carbons (Fsp3) is 0.235. The van der Waals surface area contributed by atoms with E-state index < -0.39 is 0 Å². The molecule has 1 aliphatic heterocycles. The molecule has 1 atom stereocenters. The molecule has 1 aromatic carbocycles. The van der Waals surface area contributed by atoms with Gasteiger partial charge in [0.05, 0.1) is 5.57 Å². The number of aromatic nitrogens is 3. The van der Waals surface area contributed by atoms with Gasteiger partial charge in [-0.15, -0.1) is 0 Å². The van der Waals surface area contributed by atoms with Gasteiger partial charge in [0, 0.05) is 5.70 Å². The lowest BCUT2D eigenvalue weighted by Crippen LogP contribution is -2.29. The Labute approximate surface area is 134 Å². The third-order valence-electron chi connectivity index (χ3n) is 3.74. The summed E-state index contributed by atoms with van der Waals surface area (Å²) < 4.78 is 6.95. The van der Waals surface area contributed by atoms with Gasteiger partial charge in [0.15, 0.2) is 0 Å². The standard InChI is InChI=1S/C17H18N4O2/c1-4-9-23-16(22)14-12(3)20-17-18-10-19-21(17)15(14)13-7-5-11(2)6-8-13/h4-8,10,15H,1,9H2,2-3H3,(H,18,19,20)/t15-/m1/s1. The van der Waals surface area contributed by atoms with Gasteiger partial charge in [-0.05, 0) is 19.4 Å². The largest absolute Gasteiger partial charge is 0.458 e. The molecule has 1 N–H and O–H groups in total. The zero-order valence-electron chi connectivity index (χ0n) is 13.1. The molecule has 0 amide bonds. The molecule has 23 heavy (non-hydrogen) atoms. The fourth-order valence-electron chi connectivity index (χ4n) is 2.62. The minimum atomic E-state index is -0.387. The van der Waals surface area contributed by atoms with E-state index in [0.29, 0.717) is 17.2 Å². The van der Waals surface area contributed by atoms with Crippen LogP contribution < -0.4 is 5.32 Å². The Morgan fingerprint density at radius 1 is 1.39 bits per heavy atom. The van der Waals surface area contributed by atoms with Crippen molar-refractivity contribution < 1.29 is 9.53 Å². The van der Waals surface area contributed by atoms with Crippen LogP contribution in [0.3, 0.4) is 0 Å². The Balaban J connectivity index is 2.08. The van der Waals surface area contributed by atoms with Crippen molar-refractivity contribution in [3.05, 3.63) is 65.6 Å². The van der Waals surface area contributed by atoms with Crippen LogP contribution in [-0.2, 0) is 9.53 Å². The summed E-state index contributed by atoms with van der Waals surface area (Å²) in [7, 11) is 0. The lowest BCUT2D eigenvalue weighted by atomic mass is 9.95. The Hall–Kier alpha value is -2.89. The minimum Gasteiger partial charge on any atom is -0.458 e. The first kappa shape index (κ1) is 15.0. The van der Waals surface area contributed by atoms with Crippen LogP contribution >= 0.6 is 0 Å².